The van der Waals surface area contributed by atoms with Crippen LogP contribution in [-0.2, 0) is 26.8 Å². The number of H-pyrrole nitrogens is 1. The van der Waals surface area contributed by atoms with Crippen molar-refractivity contribution in [2.24, 2.45) is 4.99 Å². The van der Waals surface area contributed by atoms with Crippen LogP contribution in [0.1, 0.15) is 0 Å². The number of aromatic amines is 1. The first-order valence-corrected chi connectivity index (χ1v) is 12.2. The van der Waals surface area contributed by atoms with Crippen LogP contribution in [0.2, 0.25) is 0 Å². The first kappa shape index (κ1) is 26.7. The molecule has 0 saturated carbocycles. The van der Waals surface area contributed by atoms with Crippen LogP contribution in [0.3, 0.4) is 0 Å². The quantitative estimate of drug-likeness (QED) is 0.143. The molecule has 0 radical (unpaired) electrons. The number of aliphatic imine (C=N–C) groups is 1. The molecule has 23 heteroatoms. The molecule has 5 atom stereocenters. The molecular weight excluding hydrogens is 511 g/mol. The molecule has 0 bridgehead atoms. The van der Waals surface area contributed by atoms with Crippen molar-refractivity contribution in [2.75, 3.05) is 17.4 Å². The van der Waals surface area contributed by atoms with Crippen LogP contribution in [0.5, 0.6) is 0 Å². The van der Waals surface area contributed by atoms with Gasteiger partial charge in [0.15, 0.2) is 17.7 Å². The molecule has 1 aromatic heterocycles. The summed E-state index contributed by atoms with van der Waals surface area (Å²) in [5.41, 5.74) is 2.79. The van der Waals surface area contributed by atoms with Crippen molar-refractivity contribution >= 4 is 46.6 Å². The molecule has 0 aliphatic carbocycles. The summed E-state index contributed by atoms with van der Waals surface area (Å²) in [6, 6.07) is 0. The van der Waals surface area contributed by atoms with E-state index in [1.165, 1.54) is 0 Å². The Balaban J connectivity index is 2.15. The molecule has 11 N–H and O–H groups in total. The van der Waals surface area contributed by atoms with Crippen molar-refractivity contribution in [1.29, 1.82) is 0 Å². The number of nitrogen functional groups attached to an aromatic ring is 1. The van der Waals surface area contributed by atoms with Gasteiger partial charge in [0.2, 0.25) is 5.95 Å². The smallest absolute Gasteiger partial charge is 0.388 e. The second-order valence-electron chi connectivity index (χ2n) is 5.78. The monoisotopic (exact) mass is 527 g/mol. The van der Waals surface area contributed by atoms with Crippen molar-refractivity contribution < 1.29 is 66.9 Å². The lowest BCUT2D eigenvalue weighted by atomic mass is 10.1. The minimum absolute atomic E-state index is 0.0262. The lowest BCUT2D eigenvalue weighted by molar-refractivity contribution is 0.00874. The molecular formula is C9H16N5O15P3. The highest BCUT2D eigenvalue weighted by Gasteiger charge is 2.42. The van der Waals surface area contributed by atoms with E-state index in [1.807, 2.05) is 4.98 Å². The summed E-state index contributed by atoms with van der Waals surface area (Å²) < 4.78 is 44.5. The van der Waals surface area contributed by atoms with Gasteiger partial charge in [0.25, 0.3) is 5.56 Å². The van der Waals surface area contributed by atoms with Crippen LogP contribution in [0, 0.1) is 0 Å². The first-order valence-electron chi connectivity index (χ1n) is 7.71. The van der Waals surface area contributed by atoms with Crippen molar-refractivity contribution in [2.45, 2.75) is 18.4 Å². The predicted molar refractivity (Wildman–Crippen MR) is 98.5 cm³/mol. The molecule has 32 heavy (non-hydrogen) atoms. The number of aliphatic hydroxyl groups is 3. The van der Waals surface area contributed by atoms with E-state index in [1.54, 1.807) is 0 Å². The molecule has 0 fully saturated rings. The summed E-state index contributed by atoms with van der Waals surface area (Å²) >= 11 is 0. The Bertz CT molecular complexity index is 1100. The summed E-state index contributed by atoms with van der Waals surface area (Å²) in [6.07, 6.45) is -6.71. The highest BCUT2D eigenvalue weighted by molar-refractivity contribution is 7.66. The molecule has 0 spiro atoms. The largest absolute Gasteiger partial charge is 0.490 e. The topological polar surface area (TPSA) is 328 Å². The number of phosphoric ester groups is 1. The fourth-order valence-corrected chi connectivity index (χ4v) is 5.18. The van der Waals surface area contributed by atoms with Crippen LogP contribution >= 0.6 is 23.5 Å². The number of nitrogens with one attached hydrogen (secondary N) is 1. The molecule has 0 amide bonds. The molecule has 182 valence electrons. The van der Waals surface area contributed by atoms with E-state index < -0.39 is 77.2 Å². The van der Waals surface area contributed by atoms with Gasteiger partial charge in [0.1, 0.15) is 17.9 Å². The molecule has 2 heterocycles. The van der Waals surface area contributed by atoms with E-state index in [0.717, 1.165) is 0 Å². The molecule has 0 aromatic carbocycles. The molecule has 5 unspecified atom stereocenters. The van der Waals surface area contributed by atoms with Gasteiger partial charge in [-0.1, -0.05) is 0 Å². The lowest BCUT2D eigenvalue weighted by Gasteiger charge is -2.31. The maximum atomic E-state index is 11.9. The summed E-state index contributed by atoms with van der Waals surface area (Å²) in [4.78, 5) is 56.2. The third-order valence-corrected chi connectivity index (χ3v) is 7.14. The maximum Gasteiger partial charge on any atom is 0.490 e. The van der Waals surface area contributed by atoms with E-state index in [0.29, 0.717) is 0 Å². The average molecular weight is 527 g/mol. The number of nitrogens with zero attached hydrogens (tertiary/aromatic N) is 3. The van der Waals surface area contributed by atoms with Crippen molar-refractivity contribution in [1.82, 2.24) is 9.97 Å². The lowest BCUT2D eigenvalue weighted by Crippen LogP contribution is -2.51. The normalized spacial score (nSPS) is 22.3. The number of fused-ring (bicyclic) bond motifs is 1. The summed E-state index contributed by atoms with van der Waals surface area (Å²) in [5.74, 6) is -1.05. The van der Waals surface area contributed by atoms with E-state index in [9.17, 15) is 43.9 Å². The Morgan fingerprint density at radius 3 is 2.28 bits per heavy atom. The summed E-state index contributed by atoms with van der Waals surface area (Å²) in [7, 11) is -17.1. The van der Waals surface area contributed by atoms with E-state index >= 15 is 0 Å². The molecule has 1 aromatic rings. The summed E-state index contributed by atoms with van der Waals surface area (Å²) in [5, 5.41) is 40.0. The Morgan fingerprint density at radius 2 is 1.72 bits per heavy atom. The second-order valence-corrected chi connectivity index (χ2v) is 10.2. The number of phosphoric acid groups is 3. The zero-order chi connectivity index (χ0) is 24.6. The Morgan fingerprint density at radius 1 is 1.12 bits per heavy atom. The van der Waals surface area contributed by atoms with Crippen LogP contribution in [0.15, 0.2) is 9.79 Å². The van der Waals surface area contributed by atoms with Gasteiger partial charge in [-0.15, -0.1) is 0 Å². The zero-order valence-corrected chi connectivity index (χ0v) is 17.8. The predicted octanol–water partition coefficient (Wildman–Crippen LogP) is -2.98. The van der Waals surface area contributed by atoms with Gasteiger partial charge in [-0.25, -0.2) is 23.8 Å². The zero-order valence-electron chi connectivity index (χ0n) is 15.1. The SMILES string of the molecule is Nc1nc2c(c(=O)[nH]1)N=C(C(O)C(O)COP(=O)(O)OP(=O)(O)OP(=O)(O)O)C(O)N2O. The molecule has 1 aliphatic heterocycles. The number of aliphatic hydroxyl groups excluding tert-OH is 3. The fraction of sp³-hybridized carbons (Fsp3) is 0.444. The molecule has 1 aliphatic rings. The van der Waals surface area contributed by atoms with Crippen molar-refractivity contribution in [3.63, 3.8) is 0 Å². The second kappa shape index (κ2) is 9.34. The number of hydrogen-bond acceptors (Lipinski definition) is 15. The van der Waals surface area contributed by atoms with Crippen molar-refractivity contribution in [3.05, 3.63) is 10.4 Å². The van der Waals surface area contributed by atoms with Crippen LogP contribution < -0.4 is 16.4 Å². The van der Waals surface area contributed by atoms with E-state index in [4.69, 9.17) is 20.4 Å². The average Bonchev–Trinajstić information content (AvgIpc) is 2.59. The van der Waals surface area contributed by atoms with Gasteiger partial charge in [0, 0.05) is 0 Å². The highest BCUT2D eigenvalue weighted by atomic mass is 31.3. The first-order chi connectivity index (χ1) is 14.4. The highest BCUT2D eigenvalue weighted by Crippen LogP contribution is 2.66. The maximum absolute atomic E-state index is 11.9. The van der Waals surface area contributed by atoms with Gasteiger partial charge in [-0.3, -0.25) is 19.5 Å². The number of hydrogen-bond donors (Lipinski definition) is 10. The summed E-state index contributed by atoms with van der Waals surface area (Å²) in [6.45, 7) is -1.37. The fourth-order valence-electron chi connectivity index (χ4n) is 2.14. The number of rotatable bonds is 9. The van der Waals surface area contributed by atoms with Gasteiger partial charge in [-0.05, 0) is 0 Å². The number of nitrogens with two attached hydrogens (primary N) is 1. The van der Waals surface area contributed by atoms with Crippen LogP contribution in [-0.4, -0.2) is 80.8 Å². The molecule has 0 saturated heterocycles. The van der Waals surface area contributed by atoms with Gasteiger partial charge in [-0.2, -0.15) is 13.6 Å². The molecule has 20 nitrogen and oxygen atoms in total. The van der Waals surface area contributed by atoms with Gasteiger partial charge in [0.05, 0.1) is 6.61 Å². The minimum atomic E-state index is -5.81. The number of anilines is 2. The van der Waals surface area contributed by atoms with E-state index in [-0.39, 0.29) is 5.06 Å². The van der Waals surface area contributed by atoms with E-state index in [2.05, 4.69) is 23.1 Å². The Kier molecular flexibility index (Phi) is 7.77. The third-order valence-electron chi connectivity index (χ3n) is 3.34. The van der Waals surface area contributed by atoms with Gasteiger partial charge >= 0.3 is 23.5 Å². The minimum Gasteiger partial charge on any atom is -0.388 e. The van der Waals surface area contributed by atoms with Crippen LogP contribution in [0.25, 0.3) is 0 Å². The van der Waals surface area contributed by atoms with Crippen molar-refractivity contribution in [3.8, 4) is 0 Å². The van der Waals surface area contributed by atoms with Crippen LogP contribution in [0.4, 0.5) is 17.5 Å². The Labute approximate surface area is 175 Å². The standard InChI is InChI=1S/C9H16N5O15P3/c10-9-12-6-4(7(17)13-9)11-3(8(18)14(6)19)5(16)2(15)1-27-31(23,24)29-32(25,26)28-30(20,21)22/h2,5,8,15-16,18-19H,1H2,(H,23,24)(H,25,26)(H2,20,21,22)(H3,10,12,13,17). The third kappa shape index (κ3) is 6.70. The number of hydroxylamine groups is 1. The molecule has 2 rings (SSSR count). The Hall–Kier alpha value is -1.60. The number of aromatic nitrogens is 2. The van der Waals surface area contributed by atoms with Gasteiger partial charge < -0.3 is 40.6 Å².